The Labute approximate surface area is 111 Å². The number of hydrogen-bond acceptors (Lipinski definition) is 0. The zero-order valence-electron chi connectivity index (χ0n) is 13.5. The lowest BCUT2D eigenvalue weighted by Gasteiger charge is -2.28. The number of rotatable bonds is 1. The summed E-state index contributed by atoms with van der Waals surface area (Å²) in [4.78, 5) is 0. The summed E-state index contributed by atoms with van der Waals surface area (Å²) >= 11 is 0. The fourth-order valence-corrected chi connectivity index (χ4v) is 2.26. The molecular weight excluding hydrogens is 204 g/mol. The van der Waals surface area contributed by atoms with Gasteiger partial charge in [0.1, 0.15) is 0 Å². The van der Waals surface area contributed by atoms with Gasteiger partial charge in [-0.25, -0.2) is 0 Å². The minimum Gasteiger partial charge on any atom is -0.0649 e. The molecule has 0 saturated heterocycles. The van der Waals surface area contributed by atoms with Gasteiger partial charge in [-0.05, 0) is 23.2 Å². The summed E-state index contributed by atoms with van der Waals surface area (Å²) in [5.41, 5.74) is 1.10. The van der Waals surface area contributed by atoms with Crippen molar-refractivity contribution in [2.24, 2.45) is 16.7 Å². The van der Waals surface area contributed by atoms with Gasteiger partial charge in [0.2, 0.25) is 0 Å². The lowest BCUT2D eigenvalue weighted by atomic mass is 9.78. The molecule has 0 aliphatic heterocycles. The van der Waals surface area contributed by atoms with Gasteiger partial charge in [-0.3, -0.25) is 0 Å². The Morgan fingerprint density at radius 2 is 1.18 bits per heavy atom. The van der Waals surface area contributed by atoms with Crippen LogP contribution in [0.1, 0.15) is 93.4 Å². The Morgan fingerprint density at radius 1 is 0.765 bits per heavy atom. The Kier molecular flexibility index (Phi) is 7.44. The van der Waals surface area contributed by atoms with Crippen molar-refractivity contribution in [3.63, 3.8) is 0 Å². The normalized spacial score (nSPS) is 18.5. The standard InChI is InChI=1S/C11H22.C6H14/c1-11(2,3)9-10-7-5-4-6-8-10;1-5-6(2,3)4/h10H,4-9H2,1-3H3;5H2,1-4H3. The summed E-state index contributed by atoms with van der Waals surface area (Å²) in [7, 11) is 0. The summed E-state index contributed by atoms with van der Waals surface area (Å²) in [6.45, 7) is 16.0. The monoisotopic (exact) mass is 240 g/mol. The van der Waals surface area contributed by atoms with Gasteiger partial charge in [0.25, 0.3) is 0 Å². The highest BCUT2D eigenvalue weighted by Crippen LogP contribution is 2.33. The molecule has 0 unspecified atom stereocenters. The Balaban J connectivity index is 0.000000366. The van der Waals surface area contributed by atoms with Crippen molar-refractivity contribution in [3.05, 3.63) is 0 Å². The highest BCUT2D eigenvalue weighted by atomic mass is 14.3. The number of hydrogen-bond donors (Lipinski definition) is 0. The van der Waals surface area contributed by atoms with Crippen molar-refractivity contribution >= 4 is 0 Å². The third kappa shape index (κ3) is 12.2. The van der Waals surface area contributed by atoms with Crippen LogP contribution in [0.5, 0.6) is 0 Å². The van der Waals surface area contributed by atoms with Crippen LogP contribution in [0.2, 0.25) is 0 Å². The van der Waals surface area contributed by atoms with Crippen LogP contribution in [-0.2, 0) is 0 Å². The molecule has 1 rings (SSSR count). The van der Waals surface area contributed by atoms with Crippen molar-refractivity contribution in [1.29, 1.82) is 0 Å². The van der Waals surface area contributed by atoms with Crippen LogP contribution in [0.4, 0.5) is 0 Å². The summed E-state index contributed by atoms with van der Waals surface area (Å²) < 4.78 is 0. The van der Waals surface area contributed by atoms with E-state index in [1.54, 1.807) is 0 Å². The van der Waals surface area contributed by atoms with Crippen LogP contribution in [0, 0.1) is 16.7 Å². The lowest BCUT2D eigenvalue weighted by molar-refractivity contribution is 0.240. The molecule has 0 radical (unpaired) electrons. The molecule has 0 aromatic carbocycles. The van der Waals surface area contributed by atoms with E-state index in [0.29, 0.717) is 10.8 Å². The third-order valence-electron chi connectivity index (χ3n) is 3.69. The van der Waals surface area contributed by atoms with E-state index in [1.165, 1.54) is 44.9 Å². The summed E-state index contributed by atoms with van der Waals surface area (Å²) in [6, 6.07) is 0. The van der Waals surface area contributed by atoms with E-state index in [9.17, 15) is 0 Å². The summed E-state index contributed by atoms with van der Waals surface area (Å²) in [6.07, 6.45) is 10.2. The largest absolute Gasteiger partial charge is 0.0649 e. The highest BCUT2D eigenvalue weighted by Gasteiger charge is 2.20. The fraction of sp³-hybridized carbons (Fsp3) is 1.00. The molecule has 1 aliphatic carbocycles. The van der Waals surface area contributed by atoms with Gasteiger partial charge in [0, 0.05) is 0 Å². The quantitative estimate of drug-likeness (QED) is 0.494. The molecule has 0 bridgehead atoms. The molecule has 0 heterocycles. The summed E-state index contributed by atoms with van der Waals surface area (Å²) in [5, 5.41) is 0. The molecule has 0 amide bonds. The van der Waals surface area contributed by atoms with Crippen molar-refractivity contribution < 1.29 is 0 Å². The van der Waals surface area contributed by atoms with Gasteiger partial charge in [-0.1, -0.05) is 87.0 Å². The van der Waals surface area contributed by atoms with Crippen LogP contribution < -0.4 is 0 Å². The topological polar surface area (TPSA) is 0 Å². The van der Waals surface area contributed by atoms with E-state index in [0.717, 1.165) is 5.92 Å². The van der Waals surface area contributed by atoms with E-state index < -0.39 is 0 Å². The minimum atomic E-state index is 0.542. The molecule has 1 fully saturated rings. The second-order valence-corrected chi connectivity index (χ2v) is 8.18. The first-order valence-corrected chi connectivity index (χ1v) is 7.64. The van der Waals surface area contributed by atoms with E-state index in [-0.39, 0.29) is 0 Å². The molecule has 1 aliphatic rings. The molecular formula is C17H36. The van der Waals surface area contributed by atoms with Crippen molar-refractivity contribution in [2.45, 2.75) is 93.4 Å². The smallest absolute Gasteiger partial charge is 0.0380 e. The molecule has 0 aromatic rings. The first kappa shape index (κ1) is 17.0. The zero-order chi connectivity index (χ0) is 13.5. The van der Waals surface area contributed by atoms with Crippen LogP contribution in [-0.4, -0.2) is 0 Å². The van der Waals surface area contributed by atoms with Crippen molar-refractivity contribution in [2.75, 3.05) is 0 Å². The maximum atomic E-state index is 2.36. The Bertz CT molecular complexity index is 171. The molecule has 0 heteroatoms. The van der Waals surface area contributed by atoms with Crippen LogP contribution in [0.3, 0.4) is 0 Å². The van der Waals surface area contributed by atoms with Crippen molar-refractivity contribution in [3.8, 4) is 0 Å². The molecule has 0 N–H and O–H groups in total. The molecule has 0 nitrogen and oxygen atoms in total. The molecule has 0 atom stereocenters. The van der Waals surface area contributed by atoms with E-state index in [1.807, 2.05) is 0 Å². The highest BCUT2D eigenvalue weighted by molar-refractivity contribution is 4.72. The Morgan fingerprint density at radius 3 is 1.47 bits per heavy atom. The molecule has 1 saturated carbocycles. The SMILES string of the molecule is CC(C)(C)CC1CCCCC1.CCC(C)(C)C. The van der Waals surface area contributed by atoms with Crippen LogP contribution >= 0.6 is 0 Å². The lowest BCUT2D eigenvalue weighted by Crippen LogP contribution is -2.15. The van der Waals surface area contributed by atoms with Crippen molar-refractivity contribution in [1.82, 2.24) is 0 Å². The van der Waals surface area contributed by atoms with Gasteiger partial charge >= 0.3 is 0 Å². The maximum Gasteiger partial charge on any atom is -0.0380 e. The fourth-order valence-electron chi connectivity index (χ4n) is 2.26. The second-order valence-electron chi connectivity index (χ2n) is 8.18. The maximum absolute atomic E-state index is 2.36. The average Bonchev–Trinajstić information content (AvgIpc) is 2.16. The molecule has 17 heavy (non-hydrogen) atoms. The molecule has 104 valence electrons. The van der Waals surface area contributed by atoms with E-state index in [4.69, 9.17) is 0 Å². The van der Waals surface area contributed by atoms with Gasteiger partial charge in [-0.2, -0.15) is 0 Å². The van der Waals surface area contributed by atoms with Crippen LogP contribution in [0.15, 0.2) is 0 Å². The van der Waals surface area contributed by atoms with Gasteiger partial charge in [0.05, 0.1) is 0 Å². The van der Waals surface area contributed by atoms with E-state index >= 15 is 0 Å². The molecule has 0 aromatic heterocycles. The van der Waals surface area contributed by atoms with Gasteiger partial charge < -0.3 is 0 Å². The average molecular weight is 240 g/mol. The zero-order valence-corrected chi connectivity index (χ0v) is 13.5. The van der Waals surface area contributed by atoms with E-state index in [2.05, 4.69) is 48.5 Å². The Hall–Kier alpha value is 0. The van der Waals surface area contributed by atoms with Gasteiger partial charge in [0.15, 0.2) is 0 Å². The van der Waals surface area contributed by atoms with Crippen LogP contribution in [0.25, 0.3) is 0 Å². The molecule has 0 spiro atoms. The minimum absolute atomic E-state index is 0.542. The predicted octanol–water partition coefficient (Wildman–Crippen LogP) is 6.45. The second kappa shape index (κ2) is 7.44. The first-order chi connectivity index (χ1) is 7.64. The third-order valence-corrected chi connectivity index (χ3v) is 3.69. The predicted molar refractivity (Wildman–Crippen MR) is 80.4 cm³/mol. The van der Waals surface area contributed by atoms with Gasteiger partial charge in [-0.15, -0.1) is 0 Å². The summed E-state index contributed by atoms with van der Waals surface area (Å²) in [5.74, 6) is 1.05. The first-order valence-electron chi connectivity index (χ1n) is 7.64.